The Hall–Kier alpha value is -2.61. The third-order valence-corrected chi connectivity index (χ3v) is 3.56. The van der Waals surface area contributed by atoms with Crippen LogP contribution in [0.25, 0.3) is 0 Å². The van der Waals surface area contributed by atoms with Crippen LogP contribution in [0.1, 0.15) is 20.3 Å². The fraction of sp³-hybridized carbons (Fsp3) is 0.450. The van der Waals surface area contributed by atoms with E-state index in [2.05, 4.69) is 21.9 Å². The van der Waals surface area contributed by atoms with Gasteiger partial charge in [-0.05, 0) is 20.3 Å². The maximum absolute atomic E-state index is 12.8. The molecule has 1 unspecified atom stereocenters. The molecule has 0 bridgehead atoms. The SMILES string of the molecule is C=CC(=C\CNC(/C=C\C)C(=O)N(CCF)CCCF)/C(N=CN)=N/C=C\C. The lowest BCUT2D eigenvalue weighted by Crippen LogP contribution is -2.46. The summed E-state index contributed by atoms with van der Waals surface area (Å²) in [6.07, 6.45) is 11.4. The van der Waals surface area contributed by atoms with E-state index in [-0.39, 0.29) is 25.4 Å². The first-order valence-corrected chi connectivity index (χ1v) is 9.12. The number of carbonyl (C=O) groups excluding carboxylic acids is 1. The summed E-state index contributed by atoms with van der Waals surface area (Å²) in [6.45, 7) is 6.54. The number of amides is 1. The van der Waals surface area contributed by atoms with Crippen molar-refractivity contribution in [2.24, 2.45) is 15.7 Å². The average Bonchev–Trinajstić information content (AvgIpc) is 2.70. The fourth-order valence-corrected chi connectivity index (χ4v) is 2.27. The van der Waals surface area contributed by atoms with Crippen molar-refractivity contribution < 1.29 is 13.6 Å². The van der Waals surface area contributed by atoms with Crippen molar-refractivity contribution in [3.63, 3.8) is 0 Å². The van der Waals surface area contributed by atoms with E-state index >= 15 is 0 Å². The lowest BCUT2D eigenvalue weighted by Gasteiger charge is -2.25. The molecule has 0 saturated carbocycles. The van der Waals surface area contributed by atoms with E-state index in [1.54, 1.807) is 43.5 Å². The van der Waals surface area contributed by atoms with Crippen molar-refractivity contribution in [2.45, 2.75) is 26.3 Å². The Balaban J connectivity index is 5.29. The molecular weight excluding hydrogens is 364 g/mol. The molecule has 0 aromatic carbocycles. The Morgan fingerprint density at radius 3 is 2.54 bits per heavy atom. The second kappa shape index (κ2) is 16.6. The molecule has 1 amide bonds. The lowest BCUT2D eigenvalue weighted by molar-refractivity contribution is -0.132. The number of carbonyl (C=O) groups is 1. The van der Waals surface area contributed by atoms with Crippen molar-refractivity contribution in [1.82, 2.24) is 10.2 Å². The zero-order chi connectivity index (χ0) is 21.2. The maximum Gasteiger partial charge on any atom is 0.243 e. The van der Waals surface area contributed by atoms with Crippen LogP contribution in [-0.4, -0.2) is 62.0 Å². The summed E-state index contributed by atoms with van der Waals surface area (Å²) in [7, 11) is 0. The summed E-state index contributed by atoms with van der Waals surface area (Å²) in [6, 6.07) is -0.660. The Labute approximate surface area is 166 Å². The second-order valence-electron chi connectivity index (χ2n) is 5.55. The van der Waals surface area contributed by atoms with Gasteiger partial charge in [0.15, 0.2) is 5.84 Å². The summed E-state index contributed by atoms with van der Waals surface area (Å²) >= 11 is 0. The standard InChI is InChI=1S/C20H31F2N5O/c1-4-8-18(20(28)27(15-11-22)14-7-10-21)24-13-9-17(6-3)19(26-16-23)25-12-5-2/h4-6,8-9,12,16,18,24H,3,7,10-11,13-15H2,1-2H3,(H2,23,25,26)/b8-4-,12-5-,17-9+. The van der Waals surface area contributed by atoms with Crippen LogP contribution < -0.4 is 11.1 Å². The van der Waals surface area contributed by atoms with Gasteiger partial charge in [-0.25, -0.2) is 14.4 Å². The first-order chi connectivity index (χ1) is 13.6. The van der Waals surface area contributed by atoms with Crippen molar-refractivity contribution in [1.29, 1.82) is 0 Å². The van der Waals surface area contributed by atoms with Crippen LogP contribution in [0.3, 0.4) is 0 Å². The smallest absolute Gasteiger partial charge is 0.243 e. The molecule has 0 heterocycles. The quantitative estimate of drug-likeness (QED) is 0.218. The molecule has 0 spiro atoms. The highest BCUT2D eigenvalue weighted by Crippen LogP contribution is 2.04. The Bertz CT molecular complexity index is 612. The minimum Gasteiger partial charge on any atom is -0.390 e. The number of amidine groups is 1. The highest BCUT2D eigenvalue weighted by Gasteiger charge is 2.21. The van der Waals surface area contributed by atoms with Gasteiger partial charge in [-0.2, -0.15) is 0 Å². The largest absolute Gasteiger partial charge is 0.390 e. The van der Waals surface area contributed by atoms with Crippen molar-refractivity contribution in [2.75, 3.05) is 33.0 Å². The van der Waals surface area contributed by atoms with Gasteiger partial charge in [-0.15, -0.1) is 0 Å². The minimum atomic E-state index is -0.678. The highest BCUT2D eigenvalue weighted by molar-refractivity contribution is 6.04. The van der Waals surface area contributed by atoms with Crippen molar-refractivity contribution in [3.8, 4) is 0 Å². The summed E-state index contributed by atoms with van der Waals surface area (Å²) in [5, 5.41) is 3.08. The predicted molar refractivity (Wildman–Crippen MR) is 113 cm³/mol. The van der Waals surface area contributed by atoms with E-state index in [1.165, 1.54) is 4.90 Å². The Morgan fingerprint density at radius 2 is 2.00 bits per heavy atom. The molecule has 0 aliphatic carbocycles. The van der Waals surface area contributed by atoms with Crippen LogP contribution in [0.15, 0.2) is 58.7 Å². The van der Waals surface area contributed by atoms with E-state index in [0.717, 1.165) is 6.34 Å². The fourth-order valence-electron chi connectivity index (χ4n) is 2.27. The molecule has 3 N–H and O–H groups in total. The van der Waals surface area contributed by atoms with Gasteiger partial charge in [0.25, 0.3) is 0 Å². The molecule has 0 saturated heterocycles. The van der Waals surface area contributed by atoms with Gasteiger partial charge < -0.3 is 10.6 Å². The summed E-state index contributed by atoms with van der Waals surface area (Å²) in [4.78, 5) is 22.2. The van der Waals surface area contributed by atoms with Gasteiger partial charge in [0, 0.05) is 31.4 Å². The molecule has 0 aliphatic heterocycles. The van der Waals surface area contributed by atoms with Crippen molar-refractivity contribution in [3.05, 3.63) is 48.7 Å². The number of nitrogens with two attached hydrogens (primary N) is 1. The number of rotatable bonds is 13. The molecule has 28 heavy (non-hydrogen) atoms. The van der Waals surface area contributed by atoms with Crippen molar-refractivity contribution >= 4 is 18.1 Å². The highest BCUT2D eigenvalue weighted by atomic mass is 19.1. The van der Waals surface area contributed by atoms with Gasteiger partial charge in [-0.3, -0.25) is 14.5 Å². The Kier molecular flexibility index (Phi) is 15.0. The molecule has 0 aliphatic rings. The van der Waals surface area contributed by atoms with Crippen LogP contribution in [-0.2, 0) is 4.79 Å². The molecule has 0 aromatic rings. The van der Waals surface area contributed by atoms with Gasteiger partial charge in [0.2, 0.25) is 5.91 Å². The molecule has 156 valence electrons. The number of nitrogens with zero attached hydrogens (tertiary/aromatic N) is 3. The van der Waals surface area contributed by atoms with Gasteiger partial charge in [0.05, 0.1) is 13.0 Å². The first kappa shape index (κ1) is 25.4. The molecule has 0 aromatic heterocycles. The Morgan fingerprint density at radius 1 is 1.25 bits per heavy atom. The van der Waals surface area contributed by atoms with Crippen LogP contribution in [0.2, 0.25) is 0 Å². The number of allylic oxidation sites excluding steroid dienone is 2. The number of alkyl halides is 2. The topological polar surface area (TPSA) is 83.1 Å². The molecule has 6 nitrogen and oxygen atoms in total. The van der Waals surface area contributed by atoms with E-state index < -0.39 is 19.4 Å². The van der Waals surface area contributed by atoms with E-state index in [0.29, 0.717) is 18.0 Å². The molecule has 0 fully saturated rings. The zero-order valence-corrected chi connectivity index (χ0v) is 16.7. The summed E-state index contributed by atoms with van der Waals surface area (Å²) < 4.78 is 25.2. The number of hydrogen-bond acceptors (Lipinski definition) is 3. The van der Waals surface area contributed by atoms with Crippen LogP contribution in [0, 0.1) is 0 Å². The minimum absolute atomic E-state index is 0.0618. The summed E-state index contributed by atoms with van der Waals surface area (Å²) in [5.41, 5.74) is 6.00. The monoisotopic (exact) mass is 395 g/mol. The third-order valence-electron chi connectivity index (χ3n) is 3.56. The predicted octanol–water partition coefficient (Wildman–Crippen LogP) is 2.71. The van der Waals surface area contributed by atoms with E-state index in [4.69, 9.17) is 5.73 Å². The molecule has 8 heteroatoms. The van der Waals surface area contributed by atoms with Gasteiger partial charge in [-0.1, -0.05) is 37.0 Å². The lowest BCUT2D eigenvalue weighted by atomic mass is 10.2. The third kappa shape index (κ3) is 9.91. The second-order valence-corrected chi connectivity index (χ2v) is 5.55. The molecule has 0 radical (unpaired) electrons. The average molecular weight is 395 g/mol. The number of hydrogen-bond donors (Lipinski definition) is 2. The summed E-state index contributed by atoms with van der Waals surface area (Å²) in [5.74, 6) is 0.0776. The number of aliphatic imine (C=N–C) groups is 2. The maximum atomic E-state index is 12.8. The van der Waals surface area contributed by atoms with Gasteiger partial charge in [0.1, 0.15) is 12.7 Å². The van der Waals surface area contributed by atoms with Crippen LogP contribution in [0.5, 0.6) is 0 Å². The molecular formula is C20H31F2N5O. The number of nitrogens with one attached hydrogen (secondary N) is 1. The normalized spacial score (nSPS) is 14.3. The first-order valence-electron chi connectivity index (χ1n) is 9.12. The van der Waals surface area contributed by atoms with E-state index in [1.807, 2.05) is 6.92 Å². The van der Waals surface area contributed by atoms with Crippen LogP contribution >= 0.6 is 0 Å². The molecule has 0 rings (SSSR count). The van der Waals surface area contributed by atoms with E-state index in [9.17, 15) is 13.6 Å². The number of halogens is 2. The molecule has 1 atom stereocenters. The van der Waals surface area contributed by atoms with Crippen LogP contribution in [0.4, 0.5) is 8.78 Å². The van der Waals surface area contributed by atoms with Gasteiger partial charge >= 0.3 is 0 Å². The zero-order valence-electron chi connectivity index (χ0n) is 16.7.